The molecule has 0 atom stereocenters. The molecule has 1 aromatic rings. The number of carbonyl (C=O) groups excluding carboxylic acids is 2. The van der Waals surface area contributed by atoms with Gasteiger partial charge in [0.05, 0.1) is 6.61 Å². The predicted octanol–water partition coefficient (Wildman–Crippen LogP) is 3.09. The van der Waals surface area contributed by atoms with E-state index in [1.165, 1.54) is 6.92 Å². The molecule has 1 fully saturated rings. The summed E-state index contributed by atoms with van der Waals surface area (Å²) in [7, 11) is 0. The summed E-state index contributed by atoms with van der Waals surface area (Å²) in [4.78, 5) is 27.9. The van der Waals surface area contributed by atoms with Crippen LogP contribution >= 0.6 is 0 Å². The first-order valence-corrected chi connectivity index (χ1v) is 8.80. The van der Waals surface area contributed by atoms with Gasteiger partial charge >= 0.3 is 0 Å². The van der Waals surface area contributed by atoms with E-state index in [2.05, 4.69) is 6.92 Å². The topological polar surface area (TPSA) is 49.9 Å². The van der Waals surface area contributed by atoms with Crippen molar-refractivity contribution in [2.75, 3.05) is 31.1 Å². The highest BCUT2D eigenvalue weighted by molar-refractivity contribution is 5.92. The first-order valence-electron chi connectivity index (χ1n) is 8.80. The van der Waals surface area contributed by atoms with Gasteiger partial charge in [0.2, 0.25) is 11.8 Å². The van der Waals surface area contributed by atoms with Crippen molar-refractivity contribution < 1.29 is 14.3 Å². The largest absolute Gasteiger partial charge is 0.494 e. The fourth-order valence-corrected chi connectivity index (χ4v) is 2.98. The maximum atomic E-state index is 12.4. The van der Waals surface area contributed by atoms with E-state index in [1.54, 1.807) is 4.90 Å². The Kier molecular flexibility index (Phi) is 6.64. The summed E-state index contributed by atoms with van der Waals surface area (Å²) in [6.45, 7) is 8.39. The van der Waals surface area contributed by atoms with Crippen LogP contribution < -0.4 is 9.64 Å². The summed E-state index contributed by atoms with van der Waals surface area (Å²) in [5.74, 6) is 1.56. The summed E-state index contributed by atoms with van der Waals surface area (Å²) < 4.78 is 5.42. The lowest BCUT2D eigenvalue weighted by Gasteiger charge is -2.31. The van der Waals surface area contributed by atoms with Crippen LogP contribution in [-0.4, -0.2) is 43.0 Å². The van der Waals surface area contributed by atoms with Crippen LogP contribution in [-0.2, 0) is 9.59 Å². The lowest BCUT2D eigenvalue weighted by atomic mass is 9.99. The molecule has 2 rings (SSSR count). The molecule has 5 nitrogen and oxygen atoms in total. The average molecular weight is 332 g/mol. The molecule has 0 aliphatic carbocycles. The highest BCUT2D eigenvalue weighted by atomic mass is 16.5. The number of likely N-dealkylation sites (tertiary alicyclic amines) is 1. The molecule has 0 bridgehead atoms. The van der Waals surface area contributed by atoms with Crippen LogP contribution in [0.5, 0.6) is 5.75 Å². The zero-order valence-corrected chi connectivity index (χ0v) is 15.0. The summed E-state index contributed by atoms with van der Waals surface area (Å²) in [6.07, 6.45) is 2.50. The molecule has 1 aliphatic rings. The molecule has 0 aromatic heterocycles. The fourth-order valence-electron chi connectivity index (χ4n) is 2.98. The quantitative estimate of drug-likeness (QED) is 0.804. The Morgan fingerprint density at radius 2 is 1.83 bits per heavy atom. The summed E-state index contributed by atoms with van der Waals surface area (Å²) in [5, 5.41) is 0. The minimum absolute atomic E-state index is 0.0563. The van der Waals surface area contributed by atoms with Crippen molar-refractivity contribution in [3.05, 3.63) is 24.3 Å². The lowest BCUT2D eigenvalue weighted by Crippen LogP contribution is -2.40. The molecule has 2 amide bonds. The molecule has 1 heterocycles. The Hall–Kier alpha value is -2.04. The van der Waals surface area contributed by atoms with Crippen LogP contribution in [0.25, 0.3) is 0 Å². The van der Waals surface area contributed by atoms with Gasteiger partial charge in [-0.25, -0.2) is 0 Å². The zero-order chi connectivity index (χ0) is 17.5. The van der Waals surface area contributed by atoms with Gasteiger partial charge in [-0.1, -0.05) is 6.92 Å². The molecule has 0 saturated carbocycles. The van der Waals surface area contributed by atoms with Gasteiger partial charge in [-0.15, -0.1) is 0 Å². The average Bonchev–Trinajstić information content (AvgIpc) is 2.57. The fraction of sp³-hybridized carbons (Fsp3) is 0.579. The second kappa shape index (κ2) is 8.71. The minimum Gasteiger partial charge on any atom is -0.494 e. The first kappa shape index (κ1) is 18.3. The van der Waals surface area contributed by atoms with E-state index >= 15 is 0 Å². The number of hydrogen-bond acceptors (Lipinski definition) is 3. The molecular weight excluding hydrogens is 304 g/mol. The second-order valence-corrected chi connectivity index (χ2v) is 6.41. The van der Waals surface area contributed by atoms with Crippen LogP contribution in [0.2, 0.25) is 0 Å². The normalized spacial score (nSPS) is 15.2. The Bertz CT molecular complexity index is 548. The number of anilines is 1. The van der Waals surface area contributed by atoms with Crippen molar-refractivity contribution in [2.24, 2.45) is 5.92 Å². The van der Waals surface area contributed by atoms with Gasteiger partial charge < -0.3 is 14.5 Å². The van der Waals surface area contributed by atoms with Gasteiger partial charge in [-0.2, -0.15) is 0 Å². The second-order valence-electron chi connectivity index (χ2n) is 6.41. The maximum Gasteiger partial charge on any atom is 0.224 e. The Labute approximate surface area is 144 Å². The molecular formula is C19H28N2O3. The SMILES string of the molecule is CCOc1ccc(N(CCC(=O)N2CCC(C)CC2)C(C)=O)cc1. The Morgan fingerprint density at radius 1 is 1.21 bits per heavy atom. The van der Waals surface area contributed by atoms with Crippen molar-refractivity contribution in [2.45, 2.75) is 40.0 Å². The van der Waals surface area contributed by atoms with Crippen molar-refractivity contribution in [3.8, 4) is 5.75 Å². The van der Waals surface area contributed by atoms with Gasteiger partial charge in [0, 0.05) is 38.7 Å². The van der Waals surface area contributed by atoms with E-state index in [0.717, 1.165) is 37.4 Å². The number of benzene rings is 1. The van der Waals surface area contributed by atoms with Gasteiger partial charge in [0.25, 0.3) is 0 Å². The van der Waals surface area contributed by atoms with E-state index in [4.69, 9.17) is 4.74 Å². The van der Waals surface area contributed by atoms with Gasteiger partial charge in [0.15, 0.2) is 0 Å². The maximum absolute atomic E-state index is 12.4. The number of amides is 2. The highest BCUT2D eigenvalue weighted by Gasteiger charge is 2.21. The third kappa shape index (κ3) is 4.98. The van der Waals surface area contributed by atoms with Crippen LogP contribution in [0.1, 0.15) is 40.0 Å². The van der Waals surface area contributed by atoms with Crippen LogP contribution in [0, 0.1) is 5.92 Å². The zero-order valence-electron chi connectivity index (χ0n) is 15.0. The van der Waals surface area contributed by atoms with Gasteiger partial charge in [0.1, 0.15) is 5.75 Å². The molecule has 1 aliphatic heterocycles. The third-order valence-electron chi connectivity index (χ3n) is 4.53. The molecule has 0 radical (unpaired) electrons. The summed E-state index contributed by atoms with van der Waals surface area (Å²) >= 11 is 0. The van der Waals surface area contributed by atoms with Gasteiger partial charge in [-0.3, -0.25) is 9.59 Å². The predicted molar refractivity (Wildman–Crippen MR) is 95.2 cm³/mol. The number of carbonyl (C=O) groups is 2. The van der Waals surface area contributed by atoms with Crippen molar-refractivity contribution in [1.82, 2.24) is 4.90 Å². The Balaban J connectivity index is 1.93. The third-order valence-corrected chi connectivity index (χ3v) is 4.53. The number of nitrogens with zero attached hydrogens (tertiary/aromatic N) is 2. The molecule has 1 saturated heterocycles. The molecule has 5 heteroatoms. The Morgan fingerprint density at radius 3 is 2.38 bits per heavy atom. The highest BCUT2D eigenvalue weighted by Crippen LogP contribution is 2.21. The van der Waals surface area contributed by atoms with E-state index in [0.29, 0.717) is 25.5 Å². The molecule has 0 spiro atoms. The van der Waals surface area contributed by atoms with Gasteiger partial charge in [-0.05, 0) is 49.9 Å². The molecule has 1 aromatic carbocycles. The molecule has 0 unspecified atom stereocenters. The lowest BCUT2D eigenvalue weighted by molar-refractivity contribution is -0.132. The molecule has 0 N–H and O–H groups in total. The van der Waals surface area contributed by atoms with Crippen LogP contribution in [0.15, 0.2) is 24.3 Å². The minimum atomic E-state index is -0.0563. The van der Waals surface area contributed by atoms with Crippen LogP contribution in [0.3, 0.4) is 0 Å². The number of ether oxygens (including phenoxy) is 1. The van der Waals surface area contributed by atoms with Crippen molar-refractivity contribution >= 4 is 17.5 Å². The van der Waals surface area contributed by atoms with Crippen LogP contribution in [0.4, 0.5) is 5.69 Å². The van der Waals surface area contributed by atoms with Crippen molar-refractivity contribution in [1.29, 1.82) is 0 Å². The molecule has 24 heavy (non-hydrogen) atoms. The first-order chi connectivity index (χ1) is 11.5. The standard InChI is InChI=1S/C19H28N2O3/c1-4-24-18-7-5-17(6-8-18)21(16(3)22)14-11-19(23)20-12-9-15(2)10-13-20/h5-8,15H,4,9-14H2,1-3H3. The molecule has 132 valence electrons. The van der Waals surface area contributed by atoms with E-state index in [9.17, 15) is 9.59 Å². The number of rotatable bonds is 6. The summed E-state index contributed by atoms with van der Waals surface area (Å²) in [5.41, 5.74) is 0.797. The number of piperidine rings is 1. The summed E-state index contributed by atoms with van der Waals surface area (Å²) in [6, 6.07) is 7.42. The van der Waals surface area contributed by atoms with E-state index < -0.39 is 0 Å². The van der Waals surface area contributed by atoms with Crippen molar-refractivity contribution in [3.63, 3.8) is 0 Å². The monoisotopic (exact) mass is 332 g/mol. The smallest absolute Gasteiger partial charge is 0.224 e. The van der Waals surface area contributed by atoms with E-state index in [1.807, 2.05) is 36.1 Å². The number of hydrogen-bond donors (Lipinski definition) is 0. The van der Waals surface area contributed by atoms with E-state index in [-0.39, 0.29) is 11.8 Å².